The normalized spacial score (nSPS) is 50.3. The van der Waals surface area contributed by atoms with Crippen molar-refractivity contribution in [3.05, 3.63) is 52.5 Å². The second kappa shape index (κ2) is 7.85. The van der Waals surface area contributed by atoms with Crippen LogP contribution in [0, 0.1) is 63.6 Å². The smallest absolute Gasteiger partial charge is 0.0955 e. The number of rotatable bonds is 6. The van der Waals surface area contributed by atoms with E-state index in [0.29, 0.717) is 23.2 Å². The fraction of sp³-hybridized carbons (Fsp3) is 0.724. The molecule has 0 aliphatic heterocycles. The second-order valence-corrected chi connectivity index (χ2v) is 11.6. The van der Waals surface area contributed by atoms with Crippen LogP contribution in [0.5, 0.6) is 0 Å². The Morgan fingerprint density at radius 2 is 1.81 bits per heavy atom. The van der Waals surface area contributed by atoms with Crippen molar-refractivity contribution in [2.75, 3.05) is 0 Å². The highest BCUT2D eigenvalue weighted by atomic mass is 16.3. The number of hydrogen-bond acceptors (Lipinski definition) is 2. The van der Waals surface area contributed by atoms with Crippen molar-refractivity contribution in [3.63, 3.8) is 0 Å². The van der Waals surface area contributed by atoms with Crippen molar-refractivity contribution in [1.29, 1.82) is 0 Å². The van der Waals surface area contributed by atoms with Crippen molar-refractivity contribution < 1.29 is 0 Å². The Morgan fingerprint density at radius 1 is 1.06 bits per heavy atom. The van der Waals surface area contributed by atoms with E-state index in [1.165, 1.54) is 36.8 Å². The lowest BCUT2D eigenvalue weighted by Gasteiger charge is -2.66. The maximum atomic E-state index is 11.9. The summed E-state index contributed by atoms with van der Waals surface area (Å²) in [4.78, 5) is 11.9. The fourth-order valence-corrected chi connectivity index (χ4v) is 10.3. The van der Waals surface area contributed by atoms with E-state index in [-0.39, 0.29) is 6.04 Å². The first-order valence-corrected chi connectivity index (χ1v) is 13.0. The zero-order valence-corrected chi connectivity index (χ0v) is 20.1. The molecule has 5 fully saturated rings. The second-order valence-electron chi connectivity index (χ2n) is 11.6. The van der Waals surface area contributed by atoms with E-state index in [1.54, 1.807) is 0 Å². The van der Waals surface area contributed by atoms with Gasteiger partial charge in [0.25, 0.3) is 0 Å². The van der Waals surface area contributed by atoms with Gasteiger partial charge in [0.15, 0.2) is 0 Å². The largest absolute Gasteiger partial charge is 0.151 e. The van der Waals surface area contributed by atoms with E-state index < -0.39 is 0 Å². The van der Waals surface area contributed by atoms with E-state index in [0.717, 1.165) is 41.9 Å². The monoisotopic (exact) mass is 419 g/mol. The van der Waals surface area contributed by atoms with Crippen LogP contribution in [0.1, 0.15) is 66.7 Å². The maximum absolute atomic E-state index is 11.9. The molecule has 0 aromatic carbocycles. The standard InChI is InChI=1S/C29H41NO/c1-6-21(15-20-13-11-9-8-10-12-17(20)3)29-16-23-22(7-2)28(29)19(5)25-24(30-31)14-18(4)27(29)26(23)25/h8-13,18-19,21-28H,6-7,14-16H2,1-5H3/b9-8?,10-8-,11-9-,12-10?,13-11?,17-12?,20-13?,20-17?/t18-,19?,21?,22?,23+,24+,25?,26-,27?,28?,29+/m1/s1. The van der Waals surface area contributed by atoms with Crippen LogP contribution in [0.2, 0.25) is 0 Å². The molecule has 11 atom stereocenters. The molecular formula is C29H41NO. The summed E-state index contributed by atoms with van der Waals surface area (Å²) in [6, 6.07) is 0.0700. The van der Waals surface area contributed by atoms with Gasteiger partial charge in [-0.3, -0.25) is 0 Å². The quantitative estimate of drug-likeness (QED) is 0.405. The molecule has 0 saturated heterocycles. The molecule has 0 heterocycles. The summed E-state index contributed by atoms with van der Waals surface area (Å²) < 4.78 is 0. The predicted octanol–water partition coefficient (Wildman–Crippen LogP) is 7.74. The van der Waals surface area contributed by atoms with Crippen LogP contribution in [-0.2, 0) is 0 Å². The van der Waals surface area contributed by atoms with Crippen LogP contribution in [0.25, 0.3) is 0 Å². The highest BCUT2D eigenvalue weighted by molar-refractivity contribution is 5.38. The van der Waals surface area contributed by atoms with Gasteiger partial charge in [-0.1, -0.05) is 82.2 Å². The van der Waals surface area contributed by atoms with Crippen molar-refractivity contribution in [2.24, 2.45) is 63.9 Å². The van der Waals surface area contributed by atoms with E-state index >= 15 is 0 Å². The summed E-state index contributed by atoms with van der Waals surface area (Å²) in [5, 5.41) is 3.72. The first-order valence-electron chi connectivity index (χ1n) is 13.0. The lowest BCUT2D eigenvalue weighted by Crippen LogP contribution is -2.63. The summed E-state index contributed by atoms with van der Waals surface area (Å²) in [6.45, 7) is 12.1. The van der Waals surface area contributed by atoms with Gasteiger partial charge in [-0.05, 0) is 96.0 Å². The van der Waals surface area contributed by atoms with Crippen LogP contribution in [0.3, 0.4) is 0 Å². The number of allylic oxidation sites excluding steroid dienone is 8. The topological polar surface area (TPSA) is 29.4 Å². The van der Waals surface area contributed by atoms with Gasteiger partial charge in [0.05, 0.1) is 6.04 Å². The third-order valence-electron chi connectivity index (χ3n) is 10.8. The SMILES string of the molecule is CCC1C2C(C)C3[C@@H]4C([C@H](C)C[C@@H]3N=O)[C@@]2(C(CC)CC2=C/C=C\C=C/C=C2C)C[C@@H]14. The molecule has 6 aliphatic carbocycles. The molecule has 2 nitrogen and oxygen atoms in total. The molecule has 5 saturated carbocycles. The lowest BCUT2D eigenvalue weighted by molar-refractivity contribution is -0.184. The summed E-state index contributed by atoms with van der Waals surface area (Å²) in [7, 11) is 0. The average Bonchev–Trinajstić information content (AvgIpc) is 3.24. The summed E-state index contributed by atoms with van der Waals surface area (Å²) in [6.07, 6.45) is 19.6. The van der Waals surface area contributed by atoms with Crippen molar-refractivity contribution in [1.82, 2.24) is 0 Å². The van der Waals surface area contributed by atoms with Gasteiger partial charge in [0.1, 0.15) is 0 Å². The molecule has 31 heavy (non-hydrogen) atoms. The lowest BCUT2D eigenvalue weighted by atomic mass is 9.38. The highest BCUT2D eigenvalue weighted by Gasteiger charge is 2.77. The summed E-state index contributed by atoms with van der Waals surface area (Å²) in [5.74, 6) is 6.64. The molecule has 6 unspecified atom stereocenters. The van der Waals surface area contributed by atoms with E-state index in [4.69, 9.17) is 0 Å². The number of hydrogen-bond donors (Lipinski definition) is 0. The van der Waals surface area contributed by atoms with Gasteiger partial charge in [-0.2, -0.15) is 4.91 Å². The van der Waals surface area contributed by atoms with E-state index in [1.807, 2.05) is 0 Å². The Hall–Kier alpha value is -1.44. The Morgan fingerprint density at radius 3 is 2.48 bits per heavy atom. The number of nitrogens with zero attached hydrogens (tertiary/aromatic N) is 1. The van der Waals surface area contributed by atoms with E-state index in [9.17, 15) is 4.91 Å². The summed E-state index contributed by atoms with van der Waals surface area (Å²) in [5.41, 5.74) is 3.42. The van der Waals surface area contributed by atoms with Crippen LogP contribution in [0.4, 0.5) is 0 Å². The molecule has 168 valence electrons. The van der Waals surface area contributed by atoms with Gasteiger partial charge in [-0.25, -0.2) is 0 Å². The van der Waals surface area contributed by atoms with Gasteiger partial charge in [0.2, 0.25) is 0 Å². The highest BCUT2D eigenvalue weighted by Crippen LogP contribution is 2.81. The van der Waals surface area contributed by atoms with Crippen molar-refractivity contribution in [3.8, 4) is 0 Å². The molecule has 6 bridgehead atoms. The van der Waals surface area contributed by atoms with Gasteiger partial charge < -0.3 is 0 Å². The predicted molar refractivity (Wildman–Crippen MR) is 129 cm³/mol. The van der Waals surface area contributed by atoms with Gasteiger partial charge >= 0.3 is 0 Å². The number of nitroso groups, excluding NO2 is 1. The molecule has 0 aromatic rings. The molecule has 0 N–H and O–H groups in total. The minimum absolute atomic E-state index is 0.0700. The molecular weight excluding hydrogens is 378 g/mol. The van der Waals surface area contributed by atoms with Crippen LogP contribution >= 0.6 is 0 Å². The molecule has 6 rings (SSSR count). The van der Waals surface area contributed by atoms with Crippen molar-refractivity contribution >= 4 is 0 Å². The van der Waals surface area contributed by atoms with Gasteiger partial charge in [0, 0.05) is 0 Å². The zero-order chi connectivity index (χ0) is 21.9. The first-order chi connectivity index (χ1) is 15.0. The van der Waals surface area contributed by atoms with Crippen LogP contribution in [-0.4, -0.2) is 6.04 Å². The Balaban J connectivity index is 1.57. The molecule has 2 heteroatoms. The van der Waals surface area contributed by atoms with Gasteiger partial charge in [-0.15, -0.1) is 0 Å². The van der Waals surface area contributed by atoms with Crippen LogP contribution < -0.4 is 0 Å². The Bertz CT molecular complexity index is 849. The summed E-state index contributed by atoms with van der Waals surface area (Å²) >= 11 is 0. The Kier molecular flexibility index (Phi) is 5.42. The first kappa shape index (κ1) is 21.4. The fourth-order valence-electron chi connectivity index (χ4n) is 10.3. The Labute approximate surface area is 189 Å². The molecule has 0 spiro atoms. The average molecular weight is 420 g/mol. The van der Waals surface area contributed by atoms with Crippen molar-refractivity contribution in [2.45, 2.75) is 72.8 Å². The maximum Gasteiger partial charge on any atom is 0.0955 e. The minimum Gasteiger partial charge on any atom is -0.151 e. The minimum atomic E-state index is 0.0700. The molecule has 0 aromatic heterocycles. The van der Waals surface area contributed by atoms with E-state index in [2.05, 4.69) is 76.3 Å². The third kappa shape index (κ3) is 2.82. The zero-order valence-electron chi connectivity index (χ0n) is 20.1. The third-order valence-corrected chi connectivity index (χ3v) is 10.8. The molecule has 6 aliphatic rings. The molecule has 0 amide bonds. The molecule has 0 radical (unpaired) electrons. The van der Waals surface area contributed by atoms with Crippen LogP contribution in [0.15, 0.2) is 52.8 Å².